The first-order chi connectivity index (χ1) is 14.6. The molecule has 6 nitrogen and oxygen atoms in total. The van der Waals surface area contributed by atoms with Gasteiger partial charge in [-0.15, -0.1) is 11.3 Å². The molecule has 0 unspecified atom stereocenters. The average Bonchev–Trinajstić information content (AvgIpc) is 3.25. The van der Waals surface area contributed by atoms with Crippen molar-refractivity contribution in [2.45, 2.75) is 13.5 Å². The zero-order valence-electron chi connectivity index (χ0n) is 16.6. The summed E-state index contributed by atoms with van der Waals surface area (Å²) in [5, 5.41) is 12.7. The van der Waals surface area contributed by atoms with Gasteiger partial charge < -0.3 is 14.0 Å². The molecule has 0 saturated heterocycles. The van der Waals surface area contributed by atoms with Crippen molar-refractivity contribution in [3.8, 4) is 28.1 Å². The Morgan fingerprint density at radius 3 is 2.80 bits per heavy atom. The first-order valence-electron chi connectivity index (χ1n) is 9.42. The van der Waals surface area contributed by atoms with Crippen molar-refractivity contribution in [1.29, 1.82) is 5.26 Å². The molecule has 150 valence electrons. The van der Waals surface area contributed by atoms with Crippen LogP contribution in [-0.2, 0) is 6.54 Å². The molecule has 0 saturated carbocycles. The summed E-state index contributed by atoms with van der Waals surface area (Å²) >= 11 is 1.53. The first kappa shape index (κ1) is 19.7. The van der Waals surface area contributed by atoms with Gasteiger partial charge in [-0.1, -0.05) is 12.1 Å². The number of rotatable bonds is 6. The van der Waals surface area contributed by atoms with E-state index >= 15 is 0 Å². The van der Waals surface area contributed by atoms with E-state index in [2.05, 4.69) is 0 Å². The van der Waals surface area contributed by atoms with Crippen LogP contribution in [0.25, 0.3) is 21.5 Å². The van der Waals surface area contributed by atoms with Crippen LogP contribution in [0, 0.1) is 11.3 Å². The lowest BCUT2D eigenvalue weighted by Crippen LogP contribution is -2.13. The van der Waals surface area contributed by atoms with E-state index in [1.165, 1.54) is 11.3 Å². The number of aromatic nitrogens is 2. The number of hydrogen-bond acceptors (Lipinski definition) is 6. The van der Waals surface area contributed by atoms with E-state index in [1.807, 2.05) is 53.3 Å². The summed E-state index contributed by atoms with van der Waals surface area (Å²) in [6.45, 7) is 2.95. The molecule has 2 aromatic heterocycles. The van der Waals surface area contributed by atoms with Crippen LogP contribution in [0.4, 0.5) is 0 Å². The van der Waals surface area contributed by atoms with Gasteiger partial charge in [0, 0.05) is 22.5 Å². The summed E-state index contributed by atoms with van der Waals surface area (Å²) in [4.78, 5) is 17.2. The molecule has 0 radical (unpaired) electrons. The summed E-state index contributed by atoms with van der Waals surface area (Å²) in [7, 11) is 1.61. The molecule has 0 bridgehead atoms. The number of nitrogens with zero attached hydrogens (tertiary/aromatic N) is 3. The molecular formula is C23H19N3O3S. The largest absolute Gasteiger partial charge is 0.493 e. The lowest BCUT2D eigenvalue weighted by molar-refractivity contribution is 0.311. The van der Waals surface area contributed by atoms with Gasteiger partial charge in [-0.3, -0.25) is 4.79 Å². The molecule has 2 heterocycles. The van der Waals surface area contributed by atoms with Crippen molar-refractivity contribution >= 4 is 22.2 Å². The topological polar surface area (TPSA) is 77.1 Å². The highest BCUT2D eigenvalue weighted by atomic mass is 32.1. The van der Waals surface area contributed by atoms with E-state index in [-0.39, 0.29) is 11.0 Å². The minimum Gasteiger partial charge on any atom is -0.493 e. The molecule has 4 aromatic rings. The molecular weight excluding hydrogens is 398 g/mol. The molecule has 0 atom stereocenters. The summed E-state index contributed by atoms with van der Waals surface area (Å²) in [6.07, 6.45) is 1.60. The van der Waals surface area contributed by atoms with Crippen LogP contribution in [-0.4, -0.2) is 23.3 Å². The summed E-state index contributed by atoms with van der Waals surface area (Å²) < 4.78 is 12.9. The van der Waals surface area contributed by atoms with Crippen molar-refractivity contribution in [2.75, 3.05) is 13.7 Å². The Kier molecular flexibility index (Phi) is 5.50. The predicted molar refractivity (Wildman–Crippen MR) is 117 cm³/mol. The SMILES string of the molecule is CCOc1ccc(-c2nc(Cn3cc(C#N)c(=O)c4ccccc43)cs2)cc1OC. The van der Waals surface area contributed by atoms with E-state index in [0.717, 1.165) is 21.8 Å². The second-order valence-corrected chi connectivity index (χ2v) is 7.43. The highest BCUT2D eigenvalue weighted by Gasteiger charge is 2.12. The summed E-state index contributed by atoms with van der Waals surface area (Å²) in [6, 6.07) is 15.0. The second kappa shape index (κ2) is 8.39. The quantitative estimate of drug-likeness (QED) is 0.463. The smallest absolute Gasteiger partial charge is 0.207 e. The van der Waals surface area contributed by atoms with Crippen LogP contribution in [0.15, 0.2) is 58.8 Å². The molecule has 4 rings (SSSR count). The highest BCUT2D eigenvalue weighted by molar-refractivity contribution is 7.13. The van der Waals surface area contributed by atoms with Gasteiger partial charge in [0.25, 0.3) is 0 Å². The van der Waals surface area contributed by atoms with Gasteiger partial charge in [-0.25, -0.2) is 4.98 Å². The molecule has 0 fully saturated rings. The molecule has 30 heavy (non-hydrogen) atoms. The lowest BCUT2D eigenvalue weighted by Gasteiger charge is -2.10. The number of benzene rings is 2. The third-order valence-corrected chi connectivity index (χ3v) is 5.64. The van der Waals surface area contributed by atoms with Crippen molar-refractivity contribution in [2.24, 2.45) is 0 Å². The molecule has 0 spiro atoms. The van der Waals surface area contributed by atoms with E-state index in [1.54, 1.807) is 25.4 Å². The molecule has 0 aliphatic rings. The van der Waals surface area contributed by atoms with E-state index in [0.29, 0.717) is 30.0 Å². The number of ether oxygens (including phenoxy) is 2. The van der Waals surface area contributed by atoms with Crippen LogP contribution in [0.2, 0.25) is 0 Å². The number of fused-ring (bicyclic) bond motifs is 1. The first-order valence-corrected chi connectivity index (χ1v) is 10.3. The average molecular weight is 417 g/mol. The van der Waals surface area contributed by atoms with E-state index < -0.39 is 0 Å². The molecule has 0 aliphatic carbocycles. The zero-order chi connectivity index (χ0) is 21.1. The monoisotopic (exact) mass is 417 g/mol. The lowest BCUT2D eigenvalue weighted by atomic mass is 10.1. The second-order valence-electron chi connectivity index (χ2n) is 6.57. The van der Waals surface area contributed by atoms with Crippen LogP contribution in [0.1, 0.15) is 18.2 Å². The number of methoxy groups -OCH3 is 1. The van der Waals surface area contributed by atoms with E-state index in [9.17, 15) is 10.1 Å². The number of para-hydroxylation sites is 1. The van der Waals surface area contributed by atoms with Gasteiger partial charge >= 0.3 is 0 Å². The molecule has 0 amide bonds. The Morgan fingerprint density at radius 1 is 1.20 bits per heavy atom. The predicted octanol–water partition coefficient (Wildman–Crippen LogP) is 4.45. The van der Waals surface area contributed by atoms with Crippen molar-refractivity contribution in [3.63, 3.8) is 0 Å². The number of pyridine rings is 1. The van der Waals surface area contributed by atoms with Crippen LogP contribution >= 0.6 is 11.3 Å². The summed E-state index contributed by atoms with van der Waals surface area (Å²) in [5.41, 5.74) is 2.44. The number of hydrogen-bond donors (Lipinski definition) is 0. The highest BCUT2D eigenvalue weighted by Crippen LogP contribution is 2.34. The minimum atomic E-state index is -0.246. The van der Waals surface area contributed by atoms with Gasteiger partial charge in [0.1, 0.15) is 16.6 Å². The van der Waals surface area contributed by atoms with Gasteiger partial charge in [0.05, 0.1) is 31.5 Å². The zero-order valence-corrected chi connectivity index (χ0v) is 17.4. The third-order valence-electron chi connectivity index (χ3n) is 4.70. The van der Waals surface area contributed by atoms with Crippen LogP contribution < -0.4 is 14.9 Å². The molecule has 0 aliphatic heterocycles. The maximum atomic E-state index is 12.4. The van der Waals surface area contributed by atoms with Gasteiger partial charge in [0.2, 0.25) is 5.43 Å². The Morgan fingerprint density at radius 2 is 2.03 bits per heavy atom. The molecule has 0 N–H and O–H groups in total. The number of thiazole rings is 1. The fourth-order valence-electron chi connectivity index (χ4n) is 3.32. The van der Waals surface area contributed by atoms with Gasteiger partial charge in [0.15, 0.2) is 11.5 Å². The van der Waals surface area contributed by atoms with Crippen molar-refractivity contribution in [1.82, 2.24) is 9.55 Å². The fourth-order valence-corrected chi connectivity index (χ4v) is 4.13. The third kappa shape index (κ3) is 3.65. The Labute approximate surface area is 177 Å². The Bertz CT molecular complexity index is 1320. The Balaban J connectivity index is 1.69. The minimum absolute atomic E-state index is 0.125. The van der Waals surface area contributed by atoms with Crippen LogP contribution in [0.5, 0.6) is 11.5 Å². The standard InChI is InChI=1S/C23H19N3O3S/c1-3-29-20-9-8-15(10-21(20)28-2)23-25-17(14-30-23)13-26-12-16(11-24)22(27)18-6-4-5-7-19(18)26/h4-10,12,14H,3,13H2,1-2H3. The summed E-state index contributed by atoms with van der Waals surface area (Å²) in [5.74, 6) is 1.36. The number of nitriles is 1. The van der Waals surface area contributed by atoms with Crippen molar-refractivity contribution < 1.29 is 9.47 Å². The fraction of sp³-hybridized carbons (Fsp3) is 0.174. The van der Waals surface area contributed by atoms with Crippen molar-refractivity contribution in [3.05, 3.63) is 75.5 Å². The van der Waals surface area contributed by atoms with Gasteiger partial charge in [-0.05, 0) is 37.3 Å². The Hall–Kier alpha value is -3.63. The van der Waals surface area contributed by atoms with Gasteiger partial charge in [-0.2, -0.15) is 5.26 Å². The van der Waals surface area contributed by atoms with Crippen LogP contribution in [0.3, 0.4) is 0 Å². The van der Waals surface area contributed by atoms with E-state index in [4.69, 9.17) is 14.5 Å². The molecule has 7 heteroatoms. The normalized spacial score (nSPS) is 10.7. The molecule has 2 aromatic carbocycles. The maximum Gasteiger partial charge on any atom is 0.207 e. The maximum absolute atomic E-state index is 12.4.